The van der Waals surface area contributed by atoms with Crippen molar-refractivity contribution in [2.75, 3.05) is 0 Å². The fraction of sp³-hybridized carbons (Fsp3) is 1.00. The highest BCUT2D eigenvalue weighted by Crippen LogP contribution is 2.68. The van der Waals surface area contributed by atoms with Gasteiger partial charge in [-0.25, -0.2) is 13.2 Å². The predicted octanol–water partition coefficient (Wildman–Crippen LogP) is 4.84. The third-order valence-corrected chi connectivity index (χ3v) is 4.48. The van der Waals surface area contributed by atoms with Gasteiger partial charge in [0.25, 0.3) is 0 Å². The number of halogens is 17. The molecule has 0 saturated carbocycles. The fourth-order valence-corrected chi connectivity index (χ4v) is 3.06. The van der Waals surface area contributed by atoms with Crippen molar-refractivity contribution >= 4 is 10.1 Å². The van der Waals surface area contributed by atoms with Crippen LogP contribution in [0, 0.1) is 0 Å². The highest BCUT2D eigenvalue weighted by atomic mass is 32.2. The zero-order chi connectivity index (χ0) is 24.5. The average molecular weight is 500 g/mol. The average Bonchev–Trinajstić information content (AvgIpc) is 2.37. The van der Waals surface area contributed by atoms with E-state index < -0.39 is 57.1 Å². The standard InChI is InChI=1S/C8HF17O3S/c9-1(5(14,15)16,3(11,12)8(23,24)25)4(13,29(26,27)28)2(10,6(17,18)19)7(20,21)22/h(H,26,27,28). The van der Waals surface area contributed by atoms with Crippen molar-refractivity contribution in [2.24, 2.45) is 0 Å². The summed E-state index contributed by atoms with van der Waals surface area (Å²) in [5, 5.41) is -9.11. The number of hydrogen-bond donors (Lipinski definition) is 1. The van der Waals surface area contributed by atoms with Crippen molar-refractivity contribution in [2.45, 2.75) is 47.0 Å². The molecule has 3 nitrogen and oxygen atoms in total. The zero-order valence-corrected chi connectivity index (χ0v) is 12.9. The maximum Gasteiger partial charge on any atom is 0.457 e. The van der Waals surface area contributed by atoms with Gasteiger partial charge in [0.2, 0.25) is 0 Å². The molecule has 29 heavy (non-hydrogen) atoms. The van der Waals surface area contributed by atoms with Crippen molar-refractivity contribution < 1.29 is 87.6 Å². The summed E-state index contributed by atoms with van der Waals surface area (Å²) in [5.41, 5.74) is -18.2. The molecule has 0 aliphatic carbocycles. The molecule has 1 N–H and O–H groups in total. The quantitative estimate of drug-likeness (QED) is 0.444. The first-order valence-electron chi connectivity index (χ1n) is 5.68. The van der Waals surface area contributed by atoms with Crippen molar-refractivity contribution in [1.82, 2.24) is 0 Å². The Morgan fingerprint density at radius 1 is 0.448 bits per heavy atom. The molecule has 0 amide bonds. The van der Waals surface area contributed by atoms with Crippen LogP contribution in [0.5, 0.6) is 0 Å². The summed E-state index contributed by atoms with van der Waals surface area (Å²) >= 11 is 0. The molecule has 0 aromatic carbocycles. The van der Waals surface area contributed by atoms with Gasteiger partial charge in [0.15, 0.2) is 0 Å². The Balaban J connectivity index is 8.15. The van der Waals surface area contributed by atoms with E-state index in [1.165, 1.54) is 0 Å². The molecule has 176 valence electrons. The van der Waals surface area contributed by atoms with Gasteiger partial charge in [-0.05, 0) is 0 Å². The largest absolute Gasteiger partial charge is 0.457 e. The van der Waals surface area contributed by atoms with E-state index in [2.05, 4.69) is 0 Å². The summed E-state index contributed by atoms with van der Waals surface area (Å²) in [6.45, 7) is 0. The lowest BCUT2D eigenvalue weighted by Gasteiger charge is -2.48. The van der Waals surface area contributed by atoms with E-state index in [-0.39, 0.29) is 0 Å². The van der Waals surface area contributed by atoms with E-state index in [1.54, 1.807) is 0 Å². The minimum absolute atomic E-state index is 8.04. The molecule has 2 unspecified atom stereocenters. The van der Waals surface area contributed by atoms with Gasteiger partial charge >= 0.3 is 57.1 Å². The van der Waals surface area contributed by atoms with Crippen molar-refractivity contribution in [3.63, 3.8) is 0 Å². The summed E-state index contributed by atoms with van der Waals surface area (Å²) in [6, 6.07) is 0. The zero-order valence-electron chi connectivity index (χ0n) is 12.1. The van der Waals surface area contributed by atoms with Crippen LogP contribution in [0.15, 0.2) is 0 Å². The van der Waals surface area contributed by atoms with Crippen LogP contribution in [-0.4, -0.2) is 59.9 Å². The maximum atomic E-state index is 14.2. The molecule has 0 saturated heterocycles. The SMILES string of the molecule is O=S(=O)(O)C(F)(C(F)(C(F)(F)F)C(F)(F)F)C(F)(C(F)(F)F)C(F)(F)C(F)(F)F. The van der Waals surface area contributed by atoms with Crippen LogP contribution in [-0.2, 0) is 10.1 Å². The molecular weight excluding hydrogens is 499 g/mol. The first kappa shape index (κ1) is 27.7. The van der Waals surface area contributed by atoms with Gasteiger partial charge in [0.1, 0.15) is 0 Å². The second-order valence-electron chi connectivity index (χ2n) is 4.95. The minimum atomic E-state index is -9.22. The van der Waals surface area contributed by atoms with E-state index in [9.17, 15) is 83.1 Å². The van der Waals surface area contributed by atoms with Crippen molar-refractivity contribution in [3.05, 3.63) is 0 Å². The van der Waals surface area contributed by atoms with Crippen LogP contribution in [0.3, 0.4) is 0 Å². The second kappa shape index (κ2) is 6.36. The van der Waals surface area contributed by atoms with Gasteiger partial charge in [-0.3, -0.25) is 4.55 Å². The Morgan fingerprint density at radius 3 is 0.828 bits per heavy atom. The van der Waals surface area contributed by atoms with Crippen molar-refractivity contribution in [1.29, 1.82) is 0 Å². The van der Waals surface area contributed by atoms with Crippen LogP contribution in [0.1, 0.15) is 0 Å². The van der Waals surface area contributed by atoms with Gasteiger partial charge in [-0.2, -0.15) is 69.9 Å². The monoisotopic (exact) mass is 500 g/mol. The summed E-state index contributed by atoms with van der Waals surface area (Å²) in [7, 11) is -9.03. The number of rotatable bonds is 4. The van der Waals surface area contributed by atoms with Gasteiger partial charge < -0.3 is 0 Å². The molecular formula is C8HF17O3S. The Labute approximate surface area is 146 Å². The molecule has 0 aromatic rings. The summed E-state index contributed by atoms with van der Waals surface area (Å²) in [6.07, 6.45) is -33.9. The van der Waals surface area contributed by atoms with Crippen LogP contribution >= 0.6 is 0 Å². The highest BCUT2D eigenvalue weighted by molar-refractivity contribution is 7.87. The lowest BCUT2D eigenvalue weighted by molar-refractivity contribution is -0.440. The van der Waals surface area contributed by atoms with E-state index in [1.807, 2.05) is 0 Å². The van der Waals surface area contributed by atoms with Gasteiger partial charge in [-0.1, -0.05) is 0 Å². The fourth-order valence-electron chi connectivity index (χ4n) is 1.88. The summed E-state index contributed by atoms with van der Waals surface area (Å²) < 4.78 is 246. The van der Waals surface area contributed by atoms with Gasteiger partial charge in [-0.15, -0.1) is 0 Å². The van der Waals surface area contributed by atoms with E-state index in [0.717, 1.165) is 0 Å². The van der Waals surface area contributed by atoms with E-state index >= 15 is 0 Å². The summed E-state index contributed by atoms with van der Waals surface area (Å²) in [4.78, 5) is 0. The minimum Gasteiger partial charge on any atom is -0.283 e. The third-order valence-electron chi connectivity index (χ3n) is 3.20. The Hall–Kier alpha value is -1.28. The van der Waals surface area contributed by atoms with E-state index in [4.69, 9.17) is 4.55 Å². The molecule has 2 atom stereocenters. The molecule has 0 spiro atoms. The Morgan fingerprint density at radius 2 is 0.690 bits per heavy atom. The molecule has 0 aliphatic heterocycles. The molecule has 0 fully saturated rings. The van der Waals surface area contributed by atoms with Crippen molar-refractivity contribution in [3.8, 4) is 0 Å². The second-order valence-corrected chi connectivity index (χ2v) is 6.47. The third kappa shape index (κ3) is 3.26. The molecule has 0 bridgehead atoms. The summed E-state index contributed by atoms with van der Waals surface area (Å²) in [5.74, 6) is -8.84. The number of hydrogen-bond acceptors (Lipinski definition) is 2. The highest BCUT2D eigenvalue weighted by Gasteiger charge is 3.02. The van der Waals surface area contributed by atoms with E-state index in [0.29, 0.717) is 0 Å². The molecule has 0 rings (SSSR count). The Kier molecular flexibility index (Phi) is 6.08. The lowest BCUT2D eigenvalue weighted by atomic mass is 9.80. The van der Waals surface area contributed by atoms with Crippen LogP contribution < -0.4 is 0 Å². The molecule has 0 heterocycles. The molecule has 0 radical (unpaired) electrons. The van der Waals surface area contributed by atoms with Crippen LogP contribution in [0.4, 0.5) is 74.6 Å². The smallest absolute Gasteiger partial charge is 0.283 e. The first-order valence-corrected chi connectivity index (χ1v) is 7.12. The van der Waals surface area contributed by atoms with Crippen LogP contribution in [0.2, 0.25) is 0 Å². The van der Waals surface area contributed by atoms with Gasteiger partial charge in [0, 0.05) is 0 Å². The normalized spacial score (nSPS) is 20.2. The molecule has 0 aromatic heterocycles. The molecule has 21 heteroatoms. The first-order chi connectivity index (χ1) is 12.0. The van der Waals surface area contributed by atoms with Gasteiger partial charge in [0.05, 0.1) is 0 Å². The molecule has 0 aliphatic rings. The number of alkyl halides is 17. The predicted molar refractivity (Wildman–Crippen MR) is 52.2 cm³/mol. The maximum absolute atomic E-state index is 14.2. The Bertz CT molecular complexity index is 712. The van der Waals surface area contributed by atoms with Crippen LogP contribution in [0.25, 0.3) is 0 Å². The topological polar surface area (TPSA) is 54.4 Å². The lowest BCUT2D eigenvalue weighted by Crippen LogP contribution is -2.83.